The van der Waals surface area contributed by atoms with Gasteiger partial charge < -0.3 is 15.2 Å². The molecule has 43 heavy (non-hydrogen) atoms. The fraction of sp³-hybridized carbons (Fsp3) is 0.211. The van der Waals surface area contributed by atoms with Gasteiger partial charge in [-0.1, -0.05) is 135 Å². The third-order valence-corrected chi connectivity index (χ3v) is 8.88. The summed E-state index contributed by atoms with van der Waals surface area (Å²) >= 11 is 0. The number of aromatic hydroxyl groups is 1. The number of carbonyl (C=O) groups is 2. The molecule has 0 radical (unpaired) electrons. The maximum Gasteiger partial charge on any atom is 0.316 e. The van der Waals surface area contributed by atoms with Gasteiger partial charge in [0.05, 0.1) is 11.8 Å². The van der Waals surface area contributed by atoms with Gasteiger partial charge in [0.15, 0.2) is 0 Å². The third kappa shape index (κ3) is 4.75. The summed E-state index contributed by atoms with van der Waals surface area (Å²) < 4.78 is 6.02. The van der Waals surface area contributed by atoms with Crippen molar-refractivity contribution in [3.8, 4) is 11.5 Å². The lowest BCUT2D eigenvalue weighted by Gasteiger charge is -2.66. The predicted octanol–water partition coefficient (Wildman–Crippen LogP) is 7.08. The maximum atomic E-state index is 14.6. The minimum atomic E-state index is -1.21. The van der Waals surface area contributed by atoms with Crippen LogP contribution in [0.3, 0.4) is 0 Å². The minimum Gasteiger partial charge on any atom is -0.508 e. The summed E-state index contributed by atoms with van der Waals surface area (Å²) in [6, 6.07) is 34.1. The average molecular weight is 570 g/mol. The van der Waals surface area contributed by atoms with Crippen LogP contribution in [0.1, 0.15) is 42.0 Å². The van der Waals surface area contributed by atoms with Crippen LogP contribution in [0.2, 0.25) is 0 Å². The molecule has 1 amide bonds. The summed E-state index contributed by atoms with van der Waals surface area (Å²) in [6.07, 6.45) is 9.65. The highest BCUT2D eigenvalue weighted by Gasteiger charge is 2.77. The topological polar surface area (TPSA) is 75.6 Å². The number of para-hydroxylation sites is 2. The van der Waals surface area contributed by atoms with Crippen LogP contribution in [0.25, 0.3) is 12.2 Å². The van der Waals surface area contributed by atoms with E-state index in [1.807, 2.05) is 115 Å². The maximum absolute atomic E-state index is 14.6. The Hall–Kier alpha value is -4.90. The summed E-state index contributed by atoms with van der Waals surface area (Å²) in [5.41, 5.74) is 0.927. The molecular formula is C38H35NO4. The Balaban J connectivity index is 1.64. The van der Waals surface area contributed by atoms with Gasteiger partial charge in [0.25, 0.3) is 0 Å². The number of ether oxygens (including phenoxy) is 1. The number of phenolic OH excluding ortho intramolecular Hbond substituents is 1. The average Bonchev–Trinajstić information content (AvgIpc) is 3.02. The molecule has 4 atom stereocenters. The minimum absolute atomic E-state index is 0.0267. The third-order valence-electron chi connectivity index (χ3n) is 8.88. The number of fused-ring (bicyclic) bond motifs is 3. The first-order valence-corrected chi connectivity index (χ1v) is 14.9. The molecule has 4 unspecified atom stereocenters. The molecule has 0 bridgehead atoms. The number of esters is 1. The molecule has 1 aliphatic carbocycles. The quantitative estimate of drug-likeness (QED) is 0.128. The number of hydrogen-bond donors (Lipinski definition) is 2. The number of carbonyl (C=O) groups excluding carboxylic acids is 2. The van der Waals surface area contributed by atoms with Crippen LogP contribution in [0.15, 0.2) is 121 Å². The van der Waals surface area contributed by atoms with E-state index in [1.165, 1.54) is 0 Å². The van der Waals surface area contributed by atoms with Crippen molar-refractivity contribution in [1.29, 1.82) is 0 Å². The first kappa shape index (κ1) is 28.2. The van der Waals surface area contributed by atoms with E-state index in [1.54, 1.807) is 18.2 Å². The molecule has 4 aromatic carbocycles. The fourth-order valence-electron chi connectivity index (χ4n) is 7.05. The molecule has 2 N–H and O–H groups in total. The lowest BCUT2D eigenvalue weighted by Crippen LogP contribution is -2.75. The molecule has 5 heteroatoms. The second-order valence-electron chi connectivity index (χ2n) is 11.3. The van der Waals surface area contributed by atoms with Crippen LogP contribution in [0.5, 0.6) is 11.5 Å². The Morgan fingerprint density at radius 1 is 0.791 bits per heavy atom. The number of nitrogens with one attached hydrogen (secondary N) is 1. The van der Waals surface area contributed by atoms with Gasteiger partial charge in [-0.15, -0.1) is 0 Å². The van der Waals surface area contributed by atoms with Crippen molar-refractivity contribution >= 4 is 24.0 Å². The van der Waals surface area contributed by atoms with E-state index in [2.05, 4.69) is 12.2 Å². The number of allylic oxidation sites excluding steroid dienone is 2. The molecule has 1 fully saturated rings. The second kappa shape index (κ2) is 11.8. The molecule has 2 aliphatic rings. The smallest absolute Gasteiger partial charge is 0.316 e. The van der Waals surface area contributed by atoms with Crippen molar-refractivity contribution < 1.29 is 19.4 Å². The number of phenols is 1. The first-order valence-electron chi connectivity index (χ1n) is 14.9. The van der Waals surface area contributed by atoms with E-state index in [4.69, 9.17) is 4.74 Å². The van der Waals surface area contributed by atoms with Crippen LogP contribution in [0, 0.1) is 11.8 Å². The molecule has 216 valence electrons. The zero-order valence-electron chi connectivity index (χ0n) is 24.1. The Morgan fingerprint density at radius 2 is 1.33 bits per heavy atom. The van der Waals surface area contributed by atoms with E-state index in [-0.39, 0.29) is 11.7 Å². The standard InChI is InChI=1S/C38H35NO4/c1-2-3-26-39-35(41)33-37(29-18-10-12-20-31(29)40,24-22-27-14-6-4-7-15-27)34-36(42)43-32-21-13-11-19-30(32)38(33,34)25-23-28-16-8-5-9-17-28/h4-25,33-34,40H,2-3,26H2,1H3,(H,39,41)/b24-22+,25-23+. The molecular weight excluding hydrogens is 534 g/mol. The van der Waals surface area contributed by atoms with Crippen LogP contribution in [0.4, 0.5) is 0 Å². The highest BCUT2D eigenvalue weighted by molar-refractivity contribution is 5.97. The Labute approximate surface area is 252 Å². The van der Waals surface area contributed by atoms with E-state index >= 15 is 0 Å². The van der Waals surface area contributed by atoms with E-state index in [9.17, 15) is 14.7 Å². The highest BCUT2D eigenvalue weighted by atomic mass is 16.5. The Kier molecular flexibility index (Phi) is 7.73. The van der Waals surface area contributed by atoms with Gasteiger partial charge in [-0.3, -0.25) is 9.59 Å². The van der Waals surface area contributed by atoms with Crippen molar-refractivity contribution in [2.24, 2.45) is 11.8 Å². The number of amides is 1. The lowest BCUT2D eigenvalue weighted by atomic mass is 9.34. The summed E-state index contributed by atoms with van der Waals surface area (Å²) in [4.78, 5) is 28.9. The molecule has 5 nitrogen and oxygen atoms in total. The van der Waals surface area contributed by atoms with Crippen molar-refractivity contribution in [3.05, 3.63) is 144 Å². The lowest BCUT2D eigenvalue weighted by molar-refractivity contribution is -0.166. The zero-order valence-corrected chi connectivity index (χ0v) is 24.1. The summed E-state index contributed by atoms with van der Waals surface area (Å²) in [7, 11) is 0. The van der Waals surface area contributed by atoms with E-state index in [0.717, 1.165) is 29.5 Å². The number of benzene rings is 4. The second-order valence-corrected chi connectivity index (χ2v) is 11.3. The highest BCUT2D eigenvalue weighted by Crippen LogP contribution is 2.71. The largest absolute Gasteiger partial charge is 0.508 e. The summed E-state index contributed by atoms with van der Waals surface area (Å²) in [5, 5.41) is 14.5. The molecule has 0 aromatic heterocycles. The SMILES string of the molecule is CCCCNC(=O)C1C(/C=C/c2ccccc2)(c2ccccc2O)C2C(=O)Oc3ccccc3C12/C=C/c1ccccc1. The monoisotopic (exact) mass is 569 g/mol. The molecule has 0 saturated heterocycles. The van der Waals surface area contributed by atoms with E-state index < -0.39 is 28.6 Å². The fourth-order valence-corrected chi connectivity index (χ4v) is 7.05. The number of unbranched alkanes of at least 4 members (excludes halogenated alkanes) is 1. The van der Waals surface area contributed by atoms with Crippen LogP contribution >= 0.6 is 0 Å². The number of rotatable bonds is 9. The Bertz CT molecular complexity index is 1680. The molecule has 4 aromatic rings. The predicted molar refractivity (Wildman–Crippen MR) is 169 cm³/mol. The summed E-state index contributed by atoms with van der Waals surface area (Å²) in [5.74, 6) is -1.73. The van der Waals surface area contributed by atoms with Gasteiger partial charge in [-0.2, -0.15) is 0 Å². The van der Waals surface area contributed by atoms with Crippen molar-refractivity contribution in [3.63, 3.8) is 0 Å². The molecule has 1 saturated carbocycles. The van der Waals surface area contributed by atoms with Crippen LogP contribution in [-0.2, 0) is 20.4 Å². The van der Waals surface area contributed by atoms with Gasteiger partial charge >= 0.3 is 5.97 Å². The van der Waals surface area contributed by atoms with E-state index in [0.29, 0.717) is 17.9 Å². The normalized spacial score (nSPS) is 24.2. The van der Waals surface area contributed by atoms with Gasteiger partial charge in [-0.05, 0) is 29.7 Å². The molecule has 1 aliphatic heterocycles. The van der Waals surface area contributed by atoms with Crippen LogP contribution in [-0.4, -0.2) is 23.5 Å². The first-order chi connectivity index (χ1) is 21.0. The molecule has 6 rings (SSSR count). The van der Waals surface area contributed by atoms with Gasteiger partial charge in [0.2, 0.25) is 5.91 Å². The van der Waals surface area contributed by atoms with Gasteiger partial charge in [0.1, 0.15) is 11.5 Å². The molecule has 0 spiro atoms. The van der Waals surface area contributed by atoms with Crippen LogP contribution < -0.4 is 10.1 Å². The van der Waals surface area contributed by atoms with Crippen molar-refractivity contribution in [2.75, 3.05) is 6.54 Å². The Morgan fingerprint density at radius 3 is 1.93 bits per heavy atom. The molecule has 1 heterocycles. The van der Waals surface area contributed by atoms with Crippen molar-refractivity contribution in [2.45, 2.75) is 30.6 Å². The van der Waals surface area contributed by atoms with Gasteiger partial charge in [-0.25, -0.2) is 0 Å². The van der Waals surface area contributed by atoms with Gasteiger partial charge in [0, 0.05) is 28.5 Å². The number of hydrogen-bond acceptors (Lipinski definition) is 4. The zero-order chi connectivity index (χ0) is 29.9. The summed E-state index contributed by atoms with van der Waals surface area (Å²) in [6.45, 7) is 2.60. The van der Waals surface area contributed by atoms with Crippen molar-refractivity contribution in [1.82, 2.24) is 5.32 Å².